The average molecular weight is 397 g/mol. The topological polar surface area (TPSA) is 227 Å². The van der Waals surface area contributed by atoms with Gasteiger partial charge in [-0.25, -0.2) is 4.31 Å². The lowest BCUT2D eigenvalue weighted by Crippen LogP contribution is -2.50. The summed E-state index contributed by atoms with van der Waals surface area (Å²) in [4.78, 5) is 42.7. The summed E-state index contributed by atoms with van der Waals surface area (Å²) in [6.07, 6.45) is -1.53. The van der Waals surface area contributed by atoms with Gasteiger partial charge >= 0.3 is 0 Å². The van der Waals surface area contributed by atoms with Crippen LogP contribution >= 0.6 is 23.5 Å². The molecule has 0 saturated carbocycles. The highest BCUT2D eigenvalue weighted by Crippen LogP contribution is 2.60. The van der Waals surface area contributed by atoms with Gasteiger partial charge in [-0.05, 0) is 6.92 Å². The van der Waals surface area contributed by atoms with E-state index in [0.29, 0.717) is 0 Å². The van der Waals surface area contributed by atoms with E-state index in [1.165, 1.54) is 0 Å². The molecule has 2 unspecified atom stereocenters. The van der Waals surface area contributed by atoms with E-state index in [-0.39, 0.29) is 13.0 Å². The standard InChI is InChI=1S/C7H18NO12P3/c1-5-2-6(9)7(3-8,18-5)4-17-22(13,14)20-23(15,16)19-21(10,11)12/h5-6,9H,2-4,8H2,1H3,(H,13,14)(H,15,16)(H2,10,11,12)/p-4/t5-,6+,7+/m0/s1. The van der Waals surface area contributed by atoms with E-state index in [9.17, 15) is 38.4 Å². The fourth-order valence-corrected chi connectivity index (χ4v) is 4.81. The number of nitrogens with two attached hydrogens (primary N) is 1. The quantitative estimate of drug-likeness (QED) is 0.382. The fourth-order valence-electron chi connectivity index (χ4n) is 1.90. The average Bonchev–Trinajstić information content (AvgIpc) is 2.57. The maximum Gasteiger partial charge on any atom is 0.278 e. The smallest absolute Gasteiger partial charge is 0.278 e. The van der Waals surface area contributed by atoms with Gasteiger partial charge < -0.3 is 44.2 Å². The first kappa shape index (κ1) is 21.3. The number of aliphatic hydroxyl groups excluding tert-OH is 1. The number of rotatable bonds is 8. The Morgan fingerprint density at radius 3 is 2.17 bits per heavy atom. The van der Waals surface area contributed by atoms with Crippen LogP contribution < -0.4 is 25.3 Å². The first-order chi connectivity index (χ1) is 10.2. The van der Waals surface area contributed by atoms with E-state index in [4.69, 9.17) is 10.5 Å². The molecule has 1 aliphatic rings. The van der Waals surface area contributed by atoms with Gasteiger partial charge in [0.15, 0.2) is 0 Å². The summed E-state index contributed by atoms with van der Waals surface area (Å²) >= 11 is 0. The molecule has 16 heteroatoms. The van der Waals surface area contributed by atoms with Crippen molar-refractivity contribution in [3.63, 3.8) is 0 Å². The van der Waals surface area contributed by atoms with Crippen LogP contribution in [0.3, 0.4) is 0 Å². The van der Waals surface area contributed by atoms with E-state index >= 15 is 0 Å². The van der Waals surface area contributed by atoms with E-state index in [2.05, 4.69) is 13.1 Å². The van der Waals surface area contributed by atoms with Gasteiger partial charge in [0.2, 0.25) is 0 Å². The lowest BCUT2D eigenvalue weighted by Gasteiger charge is -2.38. The molecule has 5 atom stereocenters. The number of aliphatic hydroxyl groups is 1. The van der Waals surface area contributed by atoms with Crippen LogP contribution in [-0.4, -0.2) is 36.1 Å². The molecule has 1 fully saturated rings. The lowest BCUT2D eigenvalue weighted by molar-refractivity contribution is -0.339. The number of hydrogen-bond acceptors (Lipinski definition) is 13. The molecule has 0 amide bonds. The molecule has 1 heterocycles. The first-order valence-corrected chi connectivity index (χ1v) is 10.4. The van der Waals surface area contributed by atoms with Crippen LogP contribution in [0.2, 0.25) is 0 Å². The molecule has 23 heavy (non-hydrogen) atoms. The Kier molecular flexibility index (Phi) is 6.74. The molecule has 3 N–H and O–H groups in total. The van der Waals surface area contributed by atoms with Crippen molar-refractivity contribution in [1.29, 1.82) is 0 Å². The molecule has 0 radical (unpaired) electrons. The third-order valence-electron chi connectivity index (χ3n) is 2.81. The summed E-state index contributed by atoms with van der Waals surface area (Å²) in [7, 11) is -17.7. The molecular weight excluding hydrogens is 383 g/mol. The van der Waals surface area contributed by atoms with Crippen molar-refractivity contribution in [2.24, 2.45) is 5.73 Å². The van der Waals surface area contributed by atoms with Crippen LogP contribution in [-0.2, 0) is 31.6 Å². The Labute approximate surface area is 130 Å². The van der Waals surface area contributed by atoms with Gasteiger partial charge in [0.25, 0.3) is 15.6 Å². The lowest BCUT2D eigenvalue weighted by atomic mass is 9.98. The van der Waals surface area contributed by atoms with Gasteiger partial charge in [0, 0.05) is 13.0 Å². The predicted molar refractivity (Wildman–Crippen MR) is 63.9 cm³/mol. The van der Waals surface area contributed by atoms with Gasteiger partial charge in [-0.15, -0.1) is 0 Å². The van der Waals surface area contributed by atoms with E-state index in [1.54, 1.807) is 6.92 Å². The second-order valence-corrected chi connectivity index (χ2v) is 8.98. The monoisotopic (exact) mass is 397 g/mol. The summed E-state index contributed by atoms with van der Waals surface area (Å²) in [5.74, 6) is 0. The Hall–Kier alpha value is 0.290. The minimum absolute atomic E-state index is 0.128. The van der Waals surface area contributed by atoms with E-state index in [0.717, 1.165) is 0 Å². The minimum Gasteiger partial charge on any atom is -0.790 e. The van der Waals surface area contributed by atoms with Crippen LogP contribution in [0.1, 0.15) is 13.3 Å². The van der Waals surface area contributed by atoms with Crippen molar-refractivity contribution < 1.29 is 56.3 Å². The molecule has 0 spiro atoms. The van der Waals surface area contributed by atoms with Crippen LogP contribution in [0.4, 0.5) is 0 Å². The van der Waals surface area contributed by atoms with Crippen molar-refractivity contribution in [3.8, 4) is 0 Å². The summed E-state index contributed by atoms with van der Waals surface area (Å²) < 4.78 is 48.5. The Morgan fingerprint density at radius 1 is 1.22 bits per heavy atom. The van der Waals surface area contributed by atoms with Gasteiger partial charge in [0.1, 0.15) is 5.60 Å². The normalized spacial score (nSPS) is 34.0. The van der Waals surface area contributed by atoms with Crippen LogP contribution in [0.25, 0.3) is 0 Å². The third-order valence-corrected chi connectivity index (χ3v) is 6.46. The number of phosphoric acid groups is 3. The van der Waals surface area contributed by atoms with Crippen molar-refractivity contribution in [2.75, 3.05) is 13.2 Å². The molecule has 13 nitrogen and oxygen atoms in total. The maximum atomic E-state index is 11.4. The summed E-state index contributed by atoms with van der Waals surface area (Å²) in [5, 5.41) is 9.81. The zero-order valence-electron chi connectivity index (χ0n) is 11.6. The molecule has 0 aromatic heterocycles. The third kappa shape index (κ3) is 6.60. The van der Waals surface area contributed by atoms with Gasteiger partial charge in [-0.1, -0.05) is 0 Å². The van der Waals surface area contributed by atoms with Crippen molar-refractivity contribution in [1.82, 2.24) is 0 Å². The summed E-state index contributed by atoms with van der Waals surface area (Å²) in [5.41, 5.74) is 3.78. The van der Waals surface area contributed by atoms with Crippen LogP contribution in [0, 0.1) is 0 Å². The first-order valence-electron chi connectivity index (χ1n) is 5.98. The largest absolute Gasteiger partial charge is 0.790 e. The highest BCUT2D eigenvalue weighted by atomic mass is 31.3. The number of phosphoric ester groups is 1. The van der Waals surface area contributed by atoms with Gasteiger partial charge in [-0.2, -0.15) is 0 Å². The summed E-state index contributed by atoms with van der Waals surface area (Å²) in [6, 6.07) is 0. The van der Waals surface area contributed by atoms with Crippen molar-refractivity contribution in [2.45, 2.75) is 31.2 Å². The molecular formula is C7H14NO12P3-4. The molecule has 1 saturated heterocycles. The van der Waals surface area contributed by atoms with Crippen LogP contribution in [0.15, 0.2) is 0 Å². The zero-order chi connectivity index (χ0) is 18.1. The van der Waals surface area contributed by atoms with E-state index < -0.39 is 47.9 Å². The molecule has 0 aromatic carbocycles. The molecule has 1 aliphatic heterocycles. The molecule has 0 bridgehead atoms. The van der Waals surface area contributed by atoms with E-state index in [1.807, 2.05) is 0 Å². The molecule has 138 valence electrons. The fraction of sp³-hybridized carbons (Fsp3) is 1.00. The highest BCUT2D eigenvalue weighted by Gasteiger charge is 2.47. The summed E-state index contributed by atoms with van der Waals surface area (Å²) in [6.45, 7) is 0.316. The zero-order valence-corrected chi connectivity index (χ0v) is 14.3. The SMILES string of the molecule is C[C@H]1C[C@@H](O)[C@@](CN)(COP(=O)([O-])OP(=O)([O-])OP(=O)([O-])[O-])O1. The minimum atomic E-state index is -6.05. The second-order valence-electron chi connectivity index (χ2n) is 4.73. The maximum absolute atomic E-state index is 11.4. The van der Waals surface area contributed by atoms with Crippen LogP contribution in [0.5, 0.6) is 0 Å². The molecule has 1 rings (SSSR count). The molecule has 0 aliphatic carbocycles. The Bertz CT molecular complexity index is 563. The highest BCUT2D eigenvalue weighted by molar-refractivity contribution is 7.64. The Balaban J connectivity index is 2.74. The van der Waals surface area contributed by atoms with Gasteiger partial charge in [0.05, 0.1) is 26.6 Å². The number of hydrogen-bond donors (Lipinski definition) is 2. The van der Waals surface area contributed by atoms with Crippen molar-refractivity contribution >= 4 is 23.5 Å². The Morgan fingerprint density at radius 2 is 1.78 bits per heavy atom. The van der Waals surface area contributed by atoms with Gasteiger partial charge in [-0.3, -0.25) is 13.4 Å². The second kappa shape index (κ2) is 7.27. The molecule has 0 aromatic rings. The predicted octanol–water partition coefficient (Wildman–Crippen LogP) is -3.33. The number of ether oxygens (including phenoxy) is 1. The van der Waals surface area contributed by atoms with Crippen molar-refractivity contribution in [3.05, 3.63) is 0 Å².